The minimum atomic E-state index is -0.269. The summed E-state index contributed by atoms with van der Waals surface area (Å²) in [6.07, 6.45) is 4.88. The van der Waals surface area contributed by atoms with Gasteiger partial charge in [-0.2, -0.15) is 0 Å². The summed E-state index contributed by atoms with van der Waals surface area (Å²) < 4.78 is 1.64. The molecule has 8 heteroatoms. The quantitative estimate of drug-likeness (QED) is 0.362. The van der Waals surface area contributed by atoms with Gasteiger partial charge in [-0.15, -0.1) is 0 Å². The van der Waals surface area contributed by atoms with Crippen molar-refractivity contribution in [2.45, 2.75) is 13.8 Å². The van der Waals surface area contributed by atoms with Gasteiger partial charge >= 0.3 is 0 Å². The SMILES string of the molecule is Cc1ccc(O)c(C)c1-n1c(=N)c2c(O)nc(-c3cccnc3)cc3[nH]cnc1c32. The maximum Gasteiger partial charge on any atom is 0.223 e. The minimum absolute atomic E-state index is 0.0391. The van der Waals surface area contributed by atoms with Crippen molar-refractivity contribution in [3.8, 4) is 28.6 Å². The second-order valence-corrected chi connectivity index (χ2v) is 7.16. The van der Waals surface area contributed by atoms with Gasteiger partial charge in [0, 0.05) is 23.5 Å². The number of aromatic nitrogens is 5. The average Bonchev–Trinajstić information content (AvgIpc) is 2.94. The summed E-state index contributed by atoms with van der Waals surface area (Å²) in [6, 6.07) is 8.87. The molecule has 8 nitrogen and oxygen atoms in total. The smallest absolute Gasteiger partial charge is 0.223 e. The van der Waals surface area contributed by atoms with E-state index in [1.54, 1.807) is 54.5 Å². The molecule has 1 aromatic carbocycles. The van der Waals surface area contributed by atoms with Crippen LogP contribution >= 0.6 is 0 Å². The maximum atomic E-state index is 10.9. The van der Waals surface area contributed by atoms with Crippen LogP contribution in [-0.4, -0.2) is 34.7 Å². The molecule has 4 N–H and O–H groups in total. The third kappa shape index (κ3) is 2.47. The third-order valence-electron chi connectivity index (χ3n) is 5.34. The summed E-state index contributed by atoms with van der Waals surface area (Å²) in [7, 11) is 0. The number of hydrogen-bond acceptors (Lipinski definition) is 6. The number of aryl methyl sites for hydroxylation is 1. The van der Waals surface area contributed by atoms with Gasteiger partial charge in [0.25, 0.3) is 0 Å². The summed E-state index contributed by atoms with van der Waals surface area (Å²) in [5, 5.41) is 30.9. The molecule has 0 aliphatic rings. The number of benzene rings is 1. The van der Waals surface area contributed by atoms with Crippen LogP contribution in [0.1, 0.15) is 11.1 Å². The lowest BCUT2D eigenvalue weighted by atomic mass is 10.1. The lowest BCUT2D eigenvalue weighted by Gasteiger charge is -2.13. The molecule has 0 amide bonds. The molecule has 0 saturated carbocycles. The van der Waals surface area contributed by atoms with Gasteiger partial charge in [0.1, 0.15) is 11.2 Å². The van der Waals surface area contributed by atoms with Gasteiger partial charge in [-0.3, -0.25) is 15.0 Å². The number of nitrogens with zero attached hydrogens (tertiary/aromatic N) is 4. The van der Waals surface area contributed by atoms with Gasteiger partial charge in [-0.25, -0.2) is 9.97 Å². The van der Waals surface area contributed by atoms with Crippen molar-refractivity contribution in [3.63, 3.8) is 0 Å². The number of pyridine rings is 1. The van der Waals surface area contributed by atoms with E-state index in [0.717, 1.165) is 11.1 Å². The molecule has 4 aromatic heterocycles. The van der Waals surface area contributed by atoms with E-state index in [4.69, 9.17) is 5.41 Å². The lowest BCUT2D eigenvalue weighted by molar-refractivity contribution is 0.461. The summed E-state index contributed by atoms with van der Waals surface area (Å²) in [5.41, 5.74) is 4.63. The van der Waals surface area contributed by atoms with Crippen LogP contribution < -0.4 is 5.49 Å². The fraction of sp³-hybridized carbons (Fsp3) is 0.0909. The average molecular weight is 398 g/mol. The molecule has 0 saturated heterocycles. The number of aromatic amines is 1. The lowest BCUT2D eigenvalue weighted by Crippen LogP contribution is -2.16. The Morgan fingerprint density at radius 1 is 1.10 bits per heavy atom. The van der Waals surface area contributed by atoms with E-state index in [9.17, 15) is 10.2 Å². The molecule has 0 fully saturated rings. The zero-order chi connectivity index (χ0) is 21.0. The highest BCUT2D eigenvalue weighted by Crippen LogP contribution is 2.34. The zero-order valence-electron chi connectivity index (χ0n) is 16.3. The highest BCUT2D eigenvalue weighted by atomic mass is 16.3. The molecule has 0 aliphatic carbocycles. The fourth-order valence-corrected chi connectivity index (χ4v) is 3.89. The van der Waals surface area contributed by atoms with Crippen molar-refractivity contribution in [2.24, 2.45) is 0 Å². The Kier molecular flexibility index (Phi) is 3.82. The van der Waals surface area contributed by atoms with Crippen LogP contribution in [0.2, 0.25) is 0 Å². The Morgan fingerprint density at radius 3 is 2.70 bits per heavy atom. The predicted molar refractivity (Wildman–Crippen MR) is 113 cm³/mol. The highest BCUT2D eigenvalue weighted by Gasteiger charge is 2.21. The van der Waals surface area contributed by atoms with Crippen molar-refractivity contribution in [1.82, 2.24) is 24.5 Å². The molecule has 148 valence electrons. The standard InChI is InChI=1S/C22H18N6O2/c1-11-5-6-16(29)12(2)19(11)28-20(23)18-17-15(25-10-26-21(17)28)8-14(27-22(18)30)13-4-3-7-24-9-13/h3-10,23,29-30H,1-2H3,(H,25,26). The van der Waals surface area contributed by atoms with Crippen LogP contribution in [0, 0.1) is 19.3 Å². The first-order valence-corrected chi connectivity index (χ1v) is 9.33. The van der Waals surface area contributed by atoms with E-state index in [2.05, 4.69) is 19.9 Å². The van der Waals surface area contributed by atoms with Crippen molar-refractivity contribution in [3.05, 3.63) is 65.7 Å². The van der Waals surface area contributed by atoms with Crippen molar-refractivity contribution in [2.75, 3.05) is 0 Å². The Morgan fingerprint density at radius 2 is 1.93 bits per heavy atom. The second-order valence-electron chi connectivity index (χ2n) is 7.16. The van der Waals surface area contributed by atoms with E-state index < -0.39 is 0 Å². The maximum absolute atomic E-state index is 10.9. The molecule has 0 spiro atoms. The first-order chi connectivity index (χ1) is 14.5. The largest absolute Gasteiger partial charge is 0.508 e. The number of H-pyrrole nitrogens is 1. The van der Waals surface area contributed by atoms with E-state index in [1.165, 1.54) is 0 Å². The van der Waals surface area contributed by atoms with Gasteiger partial charge in [-0.1, -0.05) is 6.07 Å². The van der Waals surface area contributed by atoms with Crippen LogP contribution in [0.4, 0.5) is 0 Å². The molecule has 4 heterocycles. The number of nitrogens with one attached hydrogen (secondary N) is 2. The van der Waals surface area contributed by atoms with Crippen molar-refractivity contribution < 1.29 is 10.2 Å². The number of hydrogen-bond donors (Lipinski definition) is 4. The molecular weight excluding hydrogens is 380 g/mol. The van der Waals surface area contributed by atoms with Crippen LogP contribution in [0.15, 0.2) is 49.1 Å². The zero-order valence-corrected chi connectivity index (χ0v) is 16.3. The molecule has 0 atom stereocenters. The molecular formula is C22H18N6O2. The third-order valence-corrected chi connectivity index (χ3v) is 5.34. The van der Waals surface area contributed by atoms with Gasteiger partial charge in [0.05, 0.1) is 34.0 Å². The highest BCUT2D eigenvalue weighted by molar-refractivity contribution is 6.08. The Labute approximate surface area is 170 Å². The predicted octanol–water partition coefficient (Wildman–Crippen LogP) is 3.47. The molecule has 5 rings (SSSR count). The number of aromatic hydroxyl groups is 2. The van der Waals surface area contributed by atoms with Gasteiger partial charge in [-0.05, 0) is 43.7 Å². The van der Waals surface area contributed by atoms with Crippen LogP contribution in [-0.2, 0) is 0 Å². The van der Waals surface area contributed by atoms with E-state index >= 15 is 0 Å². The molecule has 30 heavy (non-hydrogen) atoms. The normalized spacial score (nSPS) is 11.4. The molecule has 0 aliphatic heterocycles. The summed E-state index contributed by atoms with van der Waals surface area (Å²) in [6.45, 7) is 3.70. The minimum Gasteiger partial charge on any atom is -0.508 e. The molecule has 0 unspecified atom stereocenters. The van der Waals surface area contributed by atoms with E-state index in [1.807, 2.05) is 13.0 Å². The Balaban J connectivity index is 1.95. The fourth-order valence-electron chi connectivity index (χ4n) is 3.89. The van der Waals surface area contributed by atoms with Crippen molar-refractivity contribution in [1.29, 1.82) is 5.41 Å². The van der Waals surface area contributed by atoms with Gasteiger partial charge in [0.2, 0.25) is 5.88 Å². The van der Waals surface area contributed by atoms with Crippen LogP contribution in [0.25, 0.3) is 38.9 Å². The topological polar surface area (TPSA) is 124 Å². The Bertz CT molecular complexity index is 1500. The Hall–Kier alpha value is -4.20. The van der Waals surface area contributed by atoms with Gasteiger partial charge in [0.15, 0.2) is 5.65 Å². The van der Waals surface area contributed by atoms with Crippen LogP contribution in [0.5, 0.6) is 11.6 Å². The molecule has 0 bridgehead atoms. The summed E-state index contributed by atoms with van der Waals surface area (Å²) >= 11 is 0. The summed E-state index contributed by atoms with van der Waals surface area (Å²) in [5.74, 6) is -0.140. The van der Waals surface area contributed by atoms with Gasteiger partial charge < -0.3 is 15.2 Å². The molecule has 5 aromatic rings. The summed E-state index contributed by atoms with van der Waals surface area (Å²) in [4.78, 5) is 16.1. The van der Waals surface area contributed by atoms with E-state index in [0.29, 0.717) is 33.5 Å². The van der Waals surface area contributed by atoms with Crippen molar-refractivity contribution >= 4 is 21.9 Å². The number of phenols is 1. The number of rotatable bonds is 2. The van der Waals surface area contributed by atoms with Crippen LogP contribution in [0.3, 0.4) is 0 Å². The van der Waals surface area contributed by atoms with E-state index in [-0.39, 0.29) is 22.5 Å². The molecule has 0 radical (unpaired) electrons. The first-order valence-electron chi connectivity index (χ1n) is 9.33. The number of phenolic OH excluding ortho intramolecular Hbond substituents is 1. The monoisotopic (exact) mass is 398 g/mol. The second kappa shape index (κ2) is 6.41. The first kappa shape index (κ1) is 17.9.